The van der Waals surface area contributed by atoms with Crippen LogP contribution in [0.5, 0.6) is 0 Å². The van der Waals surface area contributed by atoms with E-state index >= 15 is 0 Å². The molecule has 0 aromatic heterocycles. The lowest BCUT2D eigenvalue weighted by Crippen LogP contribution is -2.30. The maximum atomic E-state index is 6.39. The number of nitrogens with two attached hydrogens (primary N) is 1. The van der Waals surface area contributed by atoms with Crippen molar-refractivity contribution in [3.63, 3.8) is 0 Å². The van der Waals surface area contributed by atoms with Crippen LogP contribution in [-0.4, -0.2) is 17.7 Å². The summed E-state index contributed by atoms with van der Waals surface area (Å²) >= 11 is 0. The van der Waals surface area contributed by atoms with Gasteiger partial charge in [-0.25, -0.2) is 0 Å². The Morgan fingerprint density at radius 3 is 2.53 bits per heavy atom. The molecule has 0 bridgehead atoms. The summed E-state index contributed by atoms with van der Waals surface area (Å²) in [7, 11) is 0. The van der Waals surface area contributed by atoms with E-state index in [4.69, 9.17) is 10.5 Å². The lowest BCUT2D eigenvalue weighted by molar-refractivity contribution is -0.0513. The number of rotatable bonds is 4. The van der Waals surface area contributed by atoms with Crippen molar-refractivity contribution in [1.82, 2.24) is 0 Å². The zero-order chi connectivity index (χ0) is 12.5. The summed E-state index contributed by atoms with van der Waals surface area (Å²) < 4.78 is 6.39. The minimum absolute atomic E-state index is 0.287. The van der Waals surface area contributed by atoms with E-state index in [1.807, 2.05) is 0 Å². The first kappa shape index (κ1) is 13.4. The number of hydrogen-bond acceptors (Lipinski definition) is 2. The molecule has 2 atom stereocenters. The highest BCUT2D eigenvalue weighted by atomic mass is 16.5. The van der Waals surface area contributed by atoms with E-state index in [-0.39, 0.29) is 5.60 Å². The highest BCUT2D eigenvalue weighted by Crippen LogP contribution is 2.46. The first-order valence-electron chi connectivity index (χ1n) is 7.34. The Balaban J connectivity index is 1.84. The molecular weight excluding hydrogens is 210 g/mol. The summed E-state index contributed by atoms with van der Waals surface area (Å²) in [4.78, 5) is 0. The van der Waals surface area contributed by atoms with E-state index in [1.54, 1.807) is 0 Å². The van der Waals surface area contributed by atoms with Crippen LogP contribution < -0.4 is 5.73 Å². The summed E-state index contributed by atoms with van der Waals surface area (Å²) in [5.74, 6) is 0. The second kappa shape index (κ2) is 4.89. The molecule has 1 saturated heterocycles. The van der Waals surface area contributed by atoms with E-state index in [0.717, 1.165) is 6.42 Å². The Bertz CT molecular complexity index is 254. The van der Waals surface area contributed by atoms with Gasteiger partial charge in [-0.1, -0.05) is 26.7 Å². The zero-order valence-electron chi connectivity index (χ0n) is 11.8. The zero-order valence-corrected chi connectivity index (χ0v) is 11.8. The Kier molecular flexibility index (Phi) is 3.84. The molecule has 0 amide bonds. The van der Waals surface area contributed by atoms with Gasteiger partial charge in [0.25, 0.3) is 0 Å². The van der Waals surface area contributed by atoms with Gasteiger partial charge in [-0.3, -0.25) is 0 Å². The van der Waals surface area contributed by atoms with E-state index in [2.05, 4.69) is 20.8 Å². The number of hydrogen-bond donors (Lipinski definition) is 1. The van der Waals surface area contributed by atoms with Gasteiger partial charge in [0.15, 0.2) is 0 Å². The Morgan fingerprint density at radius 2 is 1.94 bits per heavy atom. The van der Waals surface area contributed by atoms with Crippen LogP contribution in [0.15, 0.2) is 0 Å². The van der Waals surface area contributed by atoms with E-state index in [0.29, 0.717) is 17.6 Å². The average Bonchev–Trinajstić information content (AvgIpc) is 2.75. The predicted molar refractivity (Wildman–Crippen MR) is 72.0 cm³/mol. The summed E-state index contributed by atoms with van der Waals surface area (Å²) in [6.45, 7) is 6.77. The fourth-order valence-electron chi connectivity index (χ4n) is 4.00. The summed E-state index contributed by atoms with van der Waals surface area (Å²) in [5.41, 5.74) is 6.54. The molecule has 17 heavy (non-hydrogen) atoms. The summed E-state index contributed by atoms with van der Waals surface area (Å²) in [6, 6.07) is 0.298. The van der Waals surface area contributed by atoms with Crippen molar-refractivity contribution < 1.29 is 4.74 Å². The van der Waals surface area contributed by atoms with Crippen LogP contribution in [-0.2, 0) is 4.74 Å². The van der Waals surface area contributed by atoms with Crippen LogP contribution in [0.3, 0.4) is 0 Å². The van der Waals surface area contributed by atoms with Gasteiger partial charge in [-0.2, -0.15) is 0 Å². The quantitative estimate of drug-likeness (QED) is 0.813. The van der Waals surface area contributed by atoms with Crippen LogP contribution in [0.25, 0.3) is 0 Å². The molecule has 2 N–H and O–H groups in total. The standard InChI is InChI=1S/C15H29NO/c1-12(16)10-14(2,3)11-13-6-9-15(17-13)7-4-5-8-15/h12-13H,4-11,16H2,1-3H3. The summed E-state index contributed by atoms with van der Waals surface area (Å²) in [5, 5.41) is 0. The van der Waals surface area contributed by atoms with Crippen molar-refractivity contribution >= 4 is 0 Å². The molecule has 0 aromatic rings. The molecule has 0 aromatic carbocycles. The van der Waals surface area contributed by atoms with Gasteiger partial charge in [0.1, 0.15) is 0 Å². The van der Waals surface area contributed by atoms with E-state index in [1.165, 1.54) is 44.9 Å². The third kappa shape index (κ3) is 3.45. The molecule has 1 spiro atoms. The van der Waals surface area contributed by atoms with Crippen molar-refractivity contribution in [2.24, 2.45) is 11.1 Å². The van der Waals surface area contributed by atoms with Gasteiger partial charge in [0, 0.05) is 6.04 Å². The van der Waals surface area contributed by atoms with Gasteiger partial charge in [0.2, 0.25) is 0 Å². The third-order valence-corrected chi connectivity index (χ3v) is 4.51. The van der Waals surface area contributed by atoms with Crippen molar-refractivity contribution in [2.75, 3.05) is 0 Å². The molecule has 100 valence electrons. The van der Waals surface area contributed by atoms with Crippen molar-refractivity contribution in [2.45, 2.75) is 89.9 Å². The Hall–Kier alpha value is -0.0800. The van der Waals surface area contributed by atoms with E-state index < -0.39 is 0 Å². The topological polar surface area (TPSA) is 35.2 Å². The fraction of sp³-hybridized carbons (Fsp3) is 1.00. The second-order valence-corrected chi connectivity index (χ2v) is 7.22. The largest absolute Gasteiger partial charge is 0.372 e. The maximum Gasteiger partial charge on any atom is 0.0687 e. The lowest BCUT2D eigenvalue weighted by Gasteiger charge is -2.31. The molecule has 2 aliphatic rings. The van der Waals surface area contributed by atoms with Crippen LogP contribution >= 0.6 is 0 Å². The smallest absolute Gasteiger partial charge is 0.0687 e. The molecule has 2 rings (SSSR count). The van der Waals surface area contributed by atoms with E-state index in [9.17, 15) is 0 Å². The molecule has 1 aliphatic carbocycles. The SMILES string of the molecule is CC(N)CC(C)(C)CC1CCC2(CCCC2)O1. The molecule has 0 radical (unpaired) electrons. The molecule has 2 unspecified atom stereocenters. The first-order valence-corrected chi connectivity index (χ1v) is 7.34. The van der Waals surface area contributed by atoms with Crippen molar-refractivity contribution in [3.05, 3.63) is 0 Å². The summed E-state index contributed by atoms with van der Waals surface area (Å²) in [6.07, 6.45) is 10.7. The predicted octanol–water partition coefficient (Wildman–Crippen LogP) is 3.63. The molecule has 2 fully saturated rings. The Labute approximate surface area is 106 Å². The minimum Gasteiger partial charge on any atom is -0.372 e. The number of ether oxygens (including phenoxy) is 1. The molecule has 1 saturated carbocycles. The first-order chi connectivity index (χ1) is 7.91. The maximum absolute atomic E-state index is 6.39. The van der Waals surface area contributed by atoms with Crippen LogP contribution in [0.2, 0.25) is 0 Å². The van der Waals surface area contributed by atoms with Crippen molar-refractivity contribution in [3.8, 4) is 0 Å². The fourth-order valence-corrected chi connectivity index (χ4v) is 4.00. The highest BCUT2D eigenvalue weighted by molar-refractivity contribution is 4.94. The normalized spacial score (nSPS) is 30.0. The van der Waals surface area contributed by atoms with Gasteiger partial charge < -0.3 is 10.5 Å². The highest BCUT2D eigenvalue weighted by Gasteiger charge is 2.43. The van der Waals surface area contributed by atoms with Crippen molar-refractivity contribution in [1.29, 1.82) is 0 Å². The lowest BCUT2D eigenvalue weighted by atomic mass is 9.80. The van der Waals surface area contributed by atoms with Crippen LogP contribution in [0, 0.1) is 5.41 Å². The Morgan fingerprint density at radius 1 is 1.29 bits per heavy atom. The van der Waals surface area contributed by atoms with Gasteiger partial charge in [-0.15, -0.1) is 0 Å². The molecule has 1 heterocycles. The van der Waals surface area contributed by atoms with Crippen LogP contribution in [0.4, 0.5) is 0 Å². The minimum atomic E-state index is 0.287. The average molecular weight is 239 g/mol. The van der Waals surface area contributed by atoms with Gasteiger partial charge >= 0.3 is 0 Å². The van der Waals surface area contributed by atoms with Gasteiger partial charge in [0.05, 0.1) is 11.7 Å². The molecule has 1 aliphatic heterocycles. The molecule has 2 heteroatoms. The van der Waals surface area contributed by atoms with Gasteiger partial charge in [-0.05, 0) is 50.9 Å². The monoisotopic (exact) mass is 239 g/mol. The second-order valence-electron chi connectivity index (χ2n) is 7.22. The molecule has 2 nitrogen and oxygen atoms in total. The third-order valence-electron chi connectivity index (χ3n) is 4.51. The molecular formula is C15H29NO. The van der Waals surface area contributed by atoms with Crippen LogP contribution in [0.1, 0.15) is 72.1 Å².